The molecule has 0 radical (unpaired) electrons. The van der Waals surface area contributed by atoms with Crippen LogP contribution in [0, 0.1) is 0 Å². The van der Waals surface area contributed by atoms with Crippen LogP contribution in [0.2, 0.25) is 0 Å². The van der Waals surface area contributed by atoms with Gasteiger partial charge in [0, 0.05) is 19.3 Å². The number of aliphatic hydroxyl groups is 2. The standard InChI is InChI=1S/C13H20N2O3/c1-9-6-15(7-12(8-16)18-9)13-4-3-11(5-14-13)10(2)17/h3-5,9-10,12,16-17H,6-8H2,1-2H3. The van der Waals surface area contributed by atoms with Crippen LogP contribution in [0.25, 0.3) is 0 Å². The number of nitrogens with zero attached hydrogens (tertiary/aromatic N) is 2. The van der Waals surface area contributed by atoms with E-state index in [-0.39, 0.29) is 18.8 Å². The van der Waals surface area contributed by atoms with E-state index in [0.717, 1.165) is 17.9 Å². The number of hydrogen-bond acceptors (Lipinski definition) is 5. The fourth-order valence-corrected chi connectivity index (χ4v) is 2.16. The zero-order chi connectivity index (χ0) is 13.1. The molecule has 3 atom stereocenters. The van der Waals surface area contributed by atoms with Crippen molar-refractivity contribution in [1.29, 1.82) is 0 Å². The van der Waals surface area contributed by atoms with Gasteiger partial charge in [0.2, 0.25) is 0 Å². The third-order valence-electron chi connectivity index (χ3n) is 3.11. The average Bonchev–Trinajstić information content (AvgIpc) is 2.38. The number of aliphatic hydroxyl groups excluding tert-OH is 2. The van der Waals surface area contributed by atoms with Crippen LogP contribution in [0.1, 0.15) is 25.5 Å². The van der Waals surface area contributed by atoms with E-state index in [1.165, 1.54) is 0 Å². The van der Waals surface area contributed by atoms with Crippen LogP contribution >= 0.6 is 0 Å². The molecule has 1 aliphatic rings. The highest BCUT2D eigenvalue weighted by Crippen LogP contribution is 2.20. The van der Waals surface area contributed by atoms with E-state index in [9.17, 15) is 10.2 Å². The molecule has 0 aromatic carbocycles. The average molecular weight is 252 g/mol. The molecular formula is C13H20N2O3. The molecular weight excluding hydrogens is 232 g/mol. The first-order valence-electron chi connectivity index (χ1n) is 6.25. The van der Waals surface area contributed by atoms with E-state index in [1.807, 2.05) is 19.1 Å². The summed E-state index contributed by atoms with van der Waals surface area (Å²) in [6.45, 7) is 5.13. The Hall–Kier alpha value is -1.17. The number of ether oxygens (including phenoxy) is 1. The molecule has 0 spiro atoms. The van der Waals surface area contributed by atoms with Gasteiger partial charge in [0.1, 0.15) is 5.82 Å². The first-order valence-corrected chi connectivity index (χ1v) is 6.25. The molecule has 2 N–H and O–H groups in total. The summed E-state index contributed by atoms with van der Waals surface area (Å²) in [4.78, 5) is 6.45. The molecule has 5 heteroatoms. The number of morpholine rings is 1. The van der Waals surface area contributed by atoms with Crippen molar-refractivity contribution in [2.75, 3.05) is 24.6 Å². The maximum atomic E-state index is 9.44. The minimum atomic E-state index is -0.500. The predicted octanol–water partition coefficient (Wildman–Crippen LogP) is 0.721. The minimum Gasteiger partial charge on any atom is -0.394 e. The van der Waals surface area contributed by atoms with Gasteiger partial charge in [-0.15, -0.1) is 0 Å². The number of rotatable bonds is 3. The van der Waals surface area contributed by atoms with Crippen molar-refractivity contribution in [2.45, 2.75) is 32.2 Å². The van der Waals surface area contributed by atoms with E-state index in [0.29, 0.717) is 6.54 Å². The van der Waals surface area contributed by atoms with Crippen LogP contribution < -0.4 is 4.90 Å². The first-order chi connectivity index (χ1) is 8.60. The number of pyridine rings is 1. The molecule has 5 nitrogen and oxygen atoms in total. The molecule has 1 aromatic rings. The Morgan fingerprint density at radius 1 is 1.50 bits per heavy atom. The lowest BCUT2D eigenvalue weighted by molar-refractivity contribution is -0.0423. The van der Waals surface area contributed by atoms with Gasteiger partial charge in [-0.25, -0.2) is 4.98 Å². The van der Waals surface area contributed by atoms with Crippen molar-refractivity contribution in [3.8, 4) is 0 Å². The zero-order valence-corrected chi connectivity index (χ0v) is 10.8. The fraction of sp³-hybridized carbons (Fsp3) is 0.615. The lowest BCUT2D eigenvalue weighted by atomic mass is 10.2. The maximum absolute atomic E-state index is 9.44. The van der Waals surface area contributed by atoms with Crippen LogP contribution in [0.5, 0.6) is 0 Å². The molecule has 3 unspecified atom stereocenters. The van der Waals surface area contributed by atoms with Gasteiger partial charge in [-0.3, -0.25) is 0 Å². The van der Waals surface area contributed by atoms with E-state index in [4.69, 9.17) is 4.74 Å². The van der Waals surface area contributed by atoms with Gasteiger partial charge in [-0.05, 0) is 25.5 Å². The van der Waals surface area contributed by atoms with Crippen molar-refractivity contribution in [3.05, 3.63) is 23.9 Å². The SMILES string of the molecule is CC1CN(c2ccc(C(C)O)cn2)CC(CO)O1. The van der Waals surface area contributed by atoms with Crippen LogP contribution in [-0.4, -0.2) is 47.1 Å². The van der Waals surface area contributed by atoms with Crippen LogP contribution in [0.4, 0.5) is 5.82 Å². The van der Waals surface area contributed by atoms with E-state index in [2.05, 4.69) is 9.88 Å². The summed E-state index contributed by atoms with van der Waals surface area (Å²) in [5.74, 6) is 0.855. The van der Waals surface area contributed by atoms with E-state index >= 15 is 0 Å². The molecule has 1 fully saturated rings. The van der Waals surface area contributed by atoms with Gasteiger partial charge in [0.25, 0.3) is 0 Å². The number of anilines is 1. The summed E-state index contributed by atoms with van der Waals surface area (Å²) in [6, 6.07) is 3.77. The van der Waals surface area contributed by atoms with Crippen molar-refractivity contribution in [3.63, 3.8) is 0 Å². The molecule has 2 rings (SSSR count). The van der Waals surface area contributed by atoms with E-state index in [1.54, 1.807) is 13.1 Å². The summed E-state index contributed by atoms with van der Waals surface area (Å²) in [7, 11) is 0. The lowest BCUT2D eigenvalue weighted by Crippen LogP contribution is -2.48. The fourth-order valence-electron chi connectivity index (χ4n) is 2.16. The number of hydrogen-bond donors (Lipinski definition) is 2. The summed E-state index contributed by atoms with van der Waals surface area (Å²) < 4.78 is 5.59. The molecule has 0 saturated carbocycles. The Morgan fingerprint density at radius 3 is 2.83 bits per heavy atom. The Balaban J connectivity index is 2.10. The van der Waals surface area contributed by atoms with Crippen LogP contribution in [0.15, 0.2) is 18.3 Å². The molecule has 0 aliphatic carbocycles. The summed E-state index contributed by atoms with van der Waals surface area (Å²) in [6.07, 6.45) is 1.11. The highest BCUT2D eigenvalue weighted by Gasteiger charge is 2.25. The summed E-state index contributed by atoms with van der Waals surface area (Å²) in [5, 5.41) is 18.6. The van der Waals surface area contributed by atoms with Crippen molar-refractivity contribution in [2.24, 2.45) is 0 Å². The molecule has 1 aromatic heterocycles. The van der Waals surface area contributed by atoms with Gasteiger partial charge in [0.05, 0.1) is 24.9 Å². The second-order valence-electron chi connectivity index (χ2n) is 4.78. The van der Waals surface area contributed by atoms with E-state index < -0.39 is 6.10 Å². The summed E-state index contributed by atoms with van der Waals surface area (Å²) in [5.41, 5.74) is 0.804. The topological polar surface area (TPSA) is 65.8 Å². The van der Waals surface area contributed by atoms with Gasteiger partial charge in [0.15, 0.2) is 0 Å². The molecule has 1 saturated heterocycles. The second kappa shape index (κ2) is 5.65. The smallest absolute Gasteiger partial charge is 0.128 e. The minimum absolute atomic E-state index is 0.0204. The second-order valence-corrected chi connectivity index (χ2v) is 4.78. The maximum Gasteiger partial charge on any atom is 0.128 e. The molecule has 2 heterocycles. The quantitative estimate of drug-likeness (QED) is 0.830. The van der Waals surface area contributed by atoms with Gasteiger partial charge >= 0.3 is 0 Å². The number of aromatic nitrogens is 1. The van der Waals surface area contributed by atoms with Gasteiger partial charge < -0.3 is 19.8 Å². The van der Waals surface area contributed by atoms with Crippen molar-refractivity contribution < 1.29 is 14.9 Å². The summed E-state index contributed by atoms with van der Waals surface area (Å²) >= 11 is 0. The van der Waals surface area contributed by atoms with Gasteiger partial charge in [-0.2, -0.15) is 0 Å². The molecule has 100 valence electrons. The third kappa shape index (κ3) is 2.98. The van der Waals surface area contributed by atoms with Crippen LogP contribution in [-0.2, 0) is 4.74 Å². The van der Waals surface area contributed by atoms with Gasteiger partial charge in [-0.1, -0.05) is 6.07 Å². The Morgan fingerprint density at radius 2 is 2.28 bits per heavy atom. The van der Waals surface area contributed by atoms with Crippen molar-refractivity contribution >= 4 is 5.82 Å². The molecule has 18 heavy (non-hydrogen) atoms. The lowest BCUT2D eigenvalue weighted by Gasteiger charge is -2.36. The van der Waals surface area contributed by atoms with Crippen LogP contribution in [0.3, 0.4) is 0 Å². The highest BCUT2D eigenvalue weighted by atomic mass is 16.5. The predicted molar refractivity (Wildman–Crippen MR) is 68.5 cm³/mol. The largest absolute Gasteiger partial charge is 0.394 e. The Bertz CT molecular complexity index is 380. The van der Waals surface area contributed by atoms with Crippen molar-refractivity contribution in [1.82, 2.24) is 4.98 Å². The highest BCUT2D eigenvalue weighted by molar-refractivity contribution is 5.40. The molecule has 0 amide bonds. The Labute approximate surface area is 107 Å². The molecule has 1 aliphatic heterocycles. The normalized spacial score (nSPS) is 26.1. The first kappa shape index (κ1) is 13.3. The third-order valence-corrected chi connectivity index (χ3v) is 3.11. The molecule has 0 bridgehead atoms. The zero-order valence-electron chi connectivity index (χ0n) is 10.8. The Kier molecular flexibility index (Phi) is 4.16. The monoisotopic (exact) mass is 252 g/mol.